The third-order valence-corrected chi connectivity index (χ3v) is 3.19. The number of aryl methyl sites for hydroxylation is 1. The summed E-state index contributed by atoms with van der Waals surface area (Å²) in [4.78, 5) is 4.27. The molecule has 0 amide bonds. The fraction of sp³-hybridized carbons (Fsp3) is 0.538. The lowest BCUT2D eigenvalue weighted by Crippen LogP contribution is -2.28. The quantitative estimate of drug-likeness (QED) is 0.806. The molecule has 1 aromatic heterocycles. The topological polar surface area (TPSA) is 48.8 Å². The second-order valence-electron chi connectivity index (χ2n) is 4.44. The maximum atomic E-state index is 7.56. The third-order valence-electron chi connectivity index (χ3n) is 3.19. The minimum absolute atomic E-state index is 0.366. The van der Waals surface area contributed by atoms with Crippen LogP contribution in [0, 0.1) is 11.3 Å². The van der Waals surface area contributed by atoms with Crippen molar-refractivity contribution < 1.29 is 0 Å². The molecule has 1 aliphatic rings. The van der Waals surface area contributed by atoms with E-state index in [1.165, 1.54) is 19.3 Å². The van der Waals surface area contributed by atoms with Gasteiger partial charge in [0.2, 0.25) is 0 Å². The molecule has 0 spiro atoms. The highest BCUT2D eigenvalue weighted by Gasteiger charge is 2.12. The minimum atomic E-state index is 0.366. The van der Waals surface area contributed by atoms with E-state index in [-0.39, 0.29) is 0 Å². The van der Waals surface area contributed by atoms with Crippen molar-refractivity contribution in [2.24, 2.45) is 5.92 Å². The maximum Gasteiger partial charge on any atom is 0.144 e. The van der Waals surface area contributed by atoms with Crippen LogP contribution in [0.25, 0.3) is 0 Å². The highest BCUT2D eigenvalue weighted by molar-refractivity contribution is 5.03. The summed E-state index contributed by atoms with van der Waals surface area (Å²) < 4.78 is 0. The largest absolute Gasteiger partial charge is 0.317 e. The Balaban J connectivity index is 1.91. The monoisotopic (exact) mass is 217 g/mol. The van der Waals surface area contributed by atoms with Crippen molar-refractivity contribution in [1.29, 1.82) is 5.41 Å². The van der Waals surface area contributed by atoms with Gasteiger partial charge in [0.15, 0.2) is 0 Å². The molecule has 2 rings (SSSR count). The van der Waals surface area contributed by atoms with E-state index < -0.39 is 0 Å². The molecule has 0 saturated carbocycles. The zero-order chi connectivity index (χ0) is 11.2. The highest BCUT2D eigenvalue weighted by Crippen LogP contribution is 2.17. The summed E-state index contributed by atoms with van der Waals surface area (Å²) in [5, 5.41) is 10.9. The summed E-state index contributed by atoms with van der Waals surface area (Å²) in [5.41, 5.74) is 1.42. The van der Waals surface area contributed by atoms with E-state index in [0.717, 1.165) is 31.1 Å². The Labute approximate surface area is 96.4 Å². The molecular formula is C13H19N3. The molecule has 0 aliphatic carbocycles. The number of rotatable bonds is 3. The summed E-state index contributed by atoms with van der Waals surface area (Å²) in [5.74, 6) is 0.836. The summed E-state index contributed by atoms with van der Waals surface area (Å²) in [6.07, 6.45) is 4.78. The first kappa shape index (κ1) is 11.3. The average Bonchev–Trinajstić information content (AvgIpc) is 2.52. The van der Waals surface area contributed by atoms with Crippen LogP contribution >= 0.6 is 0 Å². The molecule has 1 saturated heterocycles. The van der Waals surface area contributed by atoms with Crippen molar-refractivity contribution in [2.75, 3.05) is 13.1 Å². The number of nitrogens with zero attached hydrogens (tertiary/aromatic N) is 1. The molecular weight excluding hydrogens is 198 g/mol. The molecule has 1 fully saturated rings. The van der Waals surface area contributed by atoms with Crippen LogP contribution in [0.5, 0.6) is 0 Å². The molecule has 0 bridgehead atoms. The molecule has 0 atom stereocenters. The van der Waals surface area contributed by atoms with E-state index >= 15 is 0 Å². The summed E-state index contributed by atoms with van der Waals surface area (Å²) in [6, 6.07) is 7.61. The zero-order valence-corrected chi connectivity index (χ0v) is 9.58. The van der Waals surface area contributed by atoms with Gasteiger partial charge >= 0.3 is 0 Å². The number of hydrogen-bond acceptors (Lipinski definition) is 3. The number of aromatic nitrogens is 1. The zero-order valence-electron chi connectivity index (χ0n) is 9.58. The SMILES string of the molecule is N=c1ccccc(CCC2CCNCC2)n1. The van der Waals surface area contributed by atoms with Crippen molar-refractivity contribution in [3.05, 3.63) is 35.4 Å². The van der Waals surface area contributed by atoms with Gasteiger partial charge in [0.05, 0.1) is 0 Å². The van der Waals surface area contributed by atoms with Crippen LogP contribution < -0.4 is 10.8 Å². The molecule has 2 heterocycles. The van der Waals surface area contributed by atoms with Crippen molar-refractivity contribution in [1.82, 2.24) is 10.3 Å². The van der Waals surface area contributed by atoms with E-state index in [1.54, 1.807) is 6.07 Å². The van der Waals surface area contributed by atoms with Crippen LogP contribution in [0.4, 0.5) is 0 Å². The van der Waals surface area contributed by atoms with Gasteiger partial charge in [0.25, 0.3) is 0 Å². The van der Waals surface area contributed by atoms with Crippen LogP contribution in [0.1, 0.15) is 25.0 Å². The lowest BCUT2D eigenvalue weighted by Gasteiger charge is -2.22. The lowest BCUT2D eigenvalue weighted by atomic mass is 9.92. The number of hydrogen-bond donors (Lipinski definition) is 2. The normalized spacial score (nSPS) is 17.2. The van der Waals surface area contributed by atoms with E-state index in [1.807, 2.05) is 18.2 Å². The van der Waals surface area contributed by atoms with Gasteiger partial charge in [0.1, 0.15) is 5.49 Å². The molecule has 3 nitrogen and oxygen atoms in total. The van der Waals surface area contributed by atoms with Crippen LogP contribution in [0.3, 0.4) is 0 Å². The van der Waals surface area contributed by atoms with Crippen LogP contribution in [0.15, 0.2) is 24.3 Å². The Hall–Kier alpha value is -1.22. The van der Waals surface area contributed by atoms with Gasteiger partial charge in [-0.2, -0.15) is 0 Å². The molecule has 0 radical (unpaired) electrons. The highest BCUT2D eigenvalue weighted by atomic mass is 14.9. The predicted molar refractivity (Wildman–Crippen MR) is 64.0 cm³/mol. The lowest BCUT2D eigenvalue weighted by molar-refractivity contribution is 0.353. The molecule has 3 heteroatoms. The Morgan fingerprint density at radius 1 is 1.25 bits per heavy atom. The first-order chi connectivity index (χ1) is 7.84. The summed E-state index contributed by atoms with van der Waals surface area (Å²) in [6.45, 7) is 2.31. The van der Waals surface area contributed by atoms with Gasteiger partial charge in [0, 0.05) is 5.69 Å². The Kier molecular flexibility index (Phi) is 4.05. The Bertz CT molecular complexity index is 383. The molecule has 0 unspecified atom stereocenters. The molecule has 16 heavy (non-hydrogen) atoms. The summed E-state index contributed by atoms with van der Waals surface area (Å²) in [7, 11) is 0. The van der Waals surface area contributed by atoms with Crippen LogP contribution in [-0.4, -0.2) is 18.1 Å². The second-order valence-corrected chi connectivity index (χ2v) is 4.44. The van der Waals surface area contributed by atoms with Gasteiger partial charge in [-0.1, -0.05) is 12.1 Å². The van der Waals surface area contributed by atoms with Crippen molar-refractivity contribution in [3.8, 4) is 0 Å². The van der Waals surface area contributed by atoms with Gasteiger partial charge < -0.3 is 5.32 Å². The molecule has 1 aliphatic heterocycles. The van der Waals surface area contributed by atoms with Gasteiger partial charge in [-0.15, -0.1) is 0 Å². The predicted octanol–water partition coefficient (Wildman–Crippen LogP) is 1.49. The van der Waals surface area contributed by atoms with Crippen molar-refractivity contribution in [3.63, 3.8) is 0 Å². The average molecular weight is 217 g/mol. The molecule has 1 aromatic rings. The molecule has 2 N–H and O–H groups in total. The van der Waals surface area contributed by atoms with Crippen molar-refractivity contribution >= 4 is 0 Å². The van der Waals surface area contributed by atoms with E-state index in [2.05, 4.69) is 10.3 Å². The Morgan fingerprint density at radius 2 is 2.00 bits per heavy atom. The van der Waals surface area contributed by atoms with Crippen LogP contribution in [0.2, 0.25) is 0 Å². The Morgan fingerprint density at radius 3 is 2.81 bits per heavy atom. The third kappa shape index (κ3) is 3.42. The smallest absolute Gasteiger partial charge is 0.144 e. The summed E-state index contributed by atoms with van der Waals surface area (Å²) >= 11 is 0. The van der Waals surface area contributed by atoms with Crippen LogP contribution in [-0.2, 0) is 6.42 Å². The number of nitrogens with one attached hydrogen (secondary N) is 2. The van der Waals surface area contributed by atoms with Gasteiger partial charge in [-0.25, -0.2) is 4.98 Å². The fourth-order valence-electron chi connectivity index (χ4n) is 2.20. The maximum absolute atomic E-state index is 7.56. The minimum Gasteiger partial charge on any atom is -0.317 e. The second kappa shape index (κ2) is 5.75. The molecule has 0 aromatic carbocycles. The first-order valence-electron chi connectivity index (χ1n) is 6.06. The van der Waals surface area contributed by atoms with E-state index in [4.69, 9.17) is 5.41 Å². The number of piperidine rings is 1. The molecule has 86 valence electrons. The van der Waals surface area contributed by atoms with Crippen molar-refractivity contribution in [2.45, 2.75) is 25.7 Å². The fourth-order valence-corrected chi connectivity index (χ4v) is 2.20. The van der Waals surface area contributed by atoms with Gasteiger partial charge in [-0.3, -0.25) is 5.41 Å². The van der Waals surface area contributed by atoms with Gasteiger partial charge in [-0.05, 0) is 56.8 Å². The first-order valence-corrected chi connectivity index (χ1v) is 6.06. The van der Waals surface area contributed by atoms with E-state index in [9.17, 15) is 0 Å². The standard InChI is InChI=1S/C13H19N3/c14-13-4-2-1-3-12(16-13)6-5-11-7-9-15-10-8-11/h1-4,11,14-15H,5-10H2. The van der Waals surface area contributed by atoms with E-state index in [0.29, 0.717) is 5.49 Å².